The van der Waals surface area contributed by atoms with Gasteiger partial charge in [0.2, 0.25) is 0 Å². The van der Waals surface area contributed by atoms with E-state index in [9.17, 15) is 4.79 Å². The van der Waals surface area contributed by atoms with E-state index in [1.165, 1.54) is 6.26 Å². The maximum atomic E-state index is 12.3. The van der Waals surface area contributed by atoms with Gasteiger partial charge < -0.3 is 14.7 Å². The van der Waals surface area contributed by atoms with Crippen molar-refractivity contribution in [1.82, 2.24) is 15.4 Å². The van der Waals surface area contributed by atoms with Gasteiger partial charge >= 0.3 is 0 Å². The number of amides is 1. The largest absolute Gasteiger partial charge is 0.364 e. The van der Waals surface area contributed by atoms with Crippen LogP contribution in [-0.2, 0) is 0 Å². The molecule has 5 nitrogen and oxygen atoms in total. The lowest BCUT2D eigenvalue weighted by Gasteiger charge is -2.32. The van der Waals surface area contributed by atoms with Crippen LogP contribution in [-0.4, -0.2) is 41.6 Å². The number of piperidine rings is 1. The highest BCUT2D eigenvalue weighted by molar-refractivity contribution is 5.92. The highest BCUT2D eigenvalue weighted by atomic mass is 16.5. The van der Waals surface area contributed by atoms with Crippen molar-refractivity contribution in [2.24, 2.45) is 5.92 Å². The van der Waals surface area contributed by atoms with E-state index in [1.807, 2.05) is 18.7 Å². The molecule has 0 aromatic carbocycles. The molecule has 1 aromatic heterocycles. The van der Waals surface area contributed by atoms with Crippen LogP contribution in [0.4, 0.5) is 0 Å². The summed E-state index contributed by atoms with van der Waals surface area (Å²) in [4.78, 5) is 14.2. The quantitative estimate of drug-likeness (QED) is 0.881. The molecule has 18 heavy (non-hydrogen) atoms. The maximum Gasteiger partial charge on any atom is 0.276 e. The Balaban J connectivity index is 2.01. The zero-order chi connectivity index (χ0) is 13.0. The summed E-state index contributed by atoms with van der Waals surface area (Å²) < 4.78 is 4.75. The topological polar surface area (TPSA) is 58.4 Å². The molecule has 1 N–H and O–H groups in total. The van der Waals surface area contributed by atoms with Crippen molar-refractivity contribution in [3.8, 4) is 0 Å². The van der Waals surface area contributed by atoms with Crippen LogP contribution in [0, 0.1) is 5.92 Å². The van der Waals surface area contributed by atoms with Gasteiger partial charge in [-0.1, -0.05) is 5.16 Å². The fourth-order valence-corrected chi connectivity index (χ4v) is 2.34. The van der Waals surface area contributed by atoms with Crippen LogP contribution in [0.25, 0.3) is 0 Å². The van der Waals surface area contributed by atoms with E-state index in [0.29, 0.717) is 11.6 Å². The number of carbonyl (C=O) groups excluding carboxylic acids is 1. The number of carbonyl (C=O) groups is 1. The lowest BCUT2D eigenvalue weighted by atomic mass is 9.97. The van der Waals surface area contributed by atoms with Gasteiger partial charge in [0.1, 0.15) is 6.26 Å². The van der Waals surface area contributed by atoms with Crippen LogP contribution in [0.5, 0.6) is 0 Å². The molecular formula is C13H21N3O2. The molecule has 1 aliphatic rings. The zero-order valence-electron chi connectivity index (χ0n) is 11.1. The molecular weight excluding hydrogens is 230 g/mol. The van der Waals surface area contributed by atoms with E-state index in [4.69, 9.17) is 4.52 Å². The number of rotatable bonds is 4. The summed E-state index contributed by atoms with van der Waals surface area (Å²) in [5.41, 5.74) is 0.401. The van der Waals surface area contributed by atoms with Crippen molar-refractivity contribution in [2.75, 3.05) is 19.6 Å². The second-order valence-corrected chi connectivity index (χ2v) is 5.13. The first-order chi connectivity index (χ1) is 8.68. The van der Waals surface area contributed by atoms with Crippen molar-refractivity contribution >= 4 is 5.91 Å². The van der Waals surface area contributed by atoms with E-state index < -0.39 is 0 Å². The van der Waals surface area contributed by atoms with Crippen molar-refractivity contribution in [2.45, 2.75) is 32.7 Å². The van der Waals surface area contributed by atoms with Crippen LogP contribution in [0.2, 0.25) is 0 Å². The Morgan fingerprint density at radius 3 is 2.83 bits per heavy atom. The van der Waals surface area contributed by atoms with E-state index in [2.05, 4.69) is 10.5 Å². The molecule has 1 saturated heterocycles. The maximum absolute atomic E-state index is 12.3. The van der Waals surface area contributed by atoms with Gasteiger partial charge in [-0.2, -0.15) is 0 Å². The number of hydrogen-bond donors (Lipinski definition) is 1. The standard InChI is InChI=1S/C13H21N3O2/c1-10(2)16(9-11-3-6-14-7-4-11)13(17)12-5-8-18-15-12/h5,8,10-11,14H,3-4,6-7,9H2,1-2H3. The summed E-state index contributed by atoms with van der Waals surface area (Å²) in [6, 6.07) is 1.81. The molecule has 0 atom stereocenters. The van der Waals surface area contributed by atoms with Crippen LogP contribution in [0.15, 0.2) is 16.9 Å². The molecule has 1 aliphatic heterocycles. The second-order valence-electron chi connectivity index (χ2n) is 5.13. The second kappa shape index (κ2) is 6.00. The fraction of sp³-hybridized carbons (Fsp3) is 0.692. The van der Waals surface area contributed by atoms with E-state index in [1.54, 1.807) is 6.07 Å². The average Bonchev–Trinajstić information content (AvgIpc) is 2.90. The summed E-state index contributed by atoms with van der Waals surface area (Å²) in [7, 11) is 0. The smallest absolute Gasteiger partial charge is 0.276 e. The van der Waals surface area contributed by atoms with Crippen molar-refractivity contribution < 1.29 is 9.32 Å². The van der Waals surface area contributed by atoms with E-state index in [-0.39, 0.29) is 11.9 Å². The highest BCUT2D eigenvalue weighted by Crippen LogP contribution is 2.17. The first-order valence-corrected chi connectivity index (χ1v) is 6.60. The molecule has 100 valence electrons. The minimum absolute atomic E-state index is 0.0303. The van der Waals surface area contributed by atoms with Crippen LogP contribution in [0.1, 0.15) is 37.2 Å². The van der Waals surface area contributed by atoms with Gasteiger partial charge in [0, 0.05) is 18.7 Å². The molecule has 0 bridgehead atoms. The minimum Gasteiger partial charge on any atom is -0.364 e. The predicted molar refractivity (Wildman–Crippen MR) is 68.3 cm³/mol. The molecule has 2 rings (SSSR count). The highest BCUT2D eigenvalue weighted by Gasteiger charge is 2.25. The Kier molecular flexibility index (Phi) is 4.36. The molecule has 0 radical (unpaired) electrons. The first kappa shape index (κ1) is 13.1. The lowest BCUT2D eigenvalue weighted by molar-refractivity contribution is 0.0647. The molecule has 1 aromatic rings. The van der Waals surface area contributed by atoms with Crippen molar-refractivity contribution in [3.05, 3.63) is 18.0 Å². The van der Waals surface area contributed by atoms with Gasteiger partial charge in [-0.15, -0.1) is 0 Å². The molecule has 0 saturated carbocycles. The Labute approximate surface area is 108 Å². The Hall–Kier alpha value is -1.36. The van der Waals surface area contributed by atoms with Gasteiger partial charge in [0.25, 0.3) is 5.91 Å². The summed E-state index contributed by atoms with van der Waals surface area (Å²) in [5, 5.41) is 7.08. The molecule has 2 heterocycles. The van der Waals surface area contributed by atoms with Crippen LogP contribution < -0.4 is 5.32 Å². The number of hydrogen-bond acceptors (Lipinski definition) is 4. The summed E-state index contributed by atoms with van der Waals surface area (Å²) in [6.07, 6.45) is 3.71. The monoisotopic (exact) mass is 251 g/mol. The predicted octanol–water partition coefficient (Wildman–Crippen LogP) is 1.52. The molecule has 1 fully saturated rings. The molecule has 0 aliphatic carbocycles. The molecule has 1 amide bonds. The Bertz CT molecular complexity index is 370. The molecule has 5 heteroatoms. The fourth-order valence-electron chi connectivity index (χ4n) is 2.34. The van der Waals surface area contributed by atoms with Crippen LogP contribution in [0.3, 0.4) is 0 Å². The normalized spacial score (nSPS) is 17.1. The van der Waals surface area contributed by atoms with Gasteiger partial charge in [-0.25, -0.2) is 0 Å². The number of nitrogens with one attached hydrogen (secondary N) is 1. The third kappa shape index (κ3) is 3.10. The van der Waals surface area contributed by atoms with Gasteiger partial charge in [0.05, 0.1) is 0 Å². The first-order valence-electron chi connectivity index (χ1n) is 6.60. The van der Waals surface area contributed by atoms with Crippen molar-refractivity contribution in [3.63, 3.8) is 0 Å². The Morgan fingerprint density at radius 2 is 2.28 bits per heavy atom. The van der Waals surface area contributed by atoms with Gasteiger partial charge in [-0.05, 0) is 45.7 Å². The summed E-state index contributed by atoms with van der Waals surface area (Å²) in [6.45, 7) is 6.99. The van der Waals surface area contributed by atoms with Gasteiger partial charge in [0.15, 0.2) is 5.69 Å². The van der Waals surface area contributed by atoms with E-state index in [0.717, 1.165) is 32.5 Å². The molecule has 0 spiro atoms. The van der Waals surface area contributed by atoms with Gasteiger partial charge in [-0.3, -0.25) is 4.79 Å². The lowest BCUT2D eigenvalue weighted by Crippen LogP contribution is -2.43. The third-order valence-electron chi connectivity index (χ3n) is 3.45. The SMILES string of the molecule is CC(C)N(CC1CCNCC1)C(=O)c1ccon1. The average molecular weight is 251 g/mol. The van der Waals surface area contributed by atoms with Crippen LogP contribution >= 0.6 is 0 Å². The third-order valence-corrected chi connectivity index (χ3v) is 3.45. The van der Waals surface area contributed by atoms with Crippen molar-refractivity contribution in [1.29, 1.82) is 0 Å². The number of nitrogens with zero attached hydrogens (tertiary/aromatic N) is 2. The van der Waals surface area contributed by atoms with E-state index >= 15 is 0 Å². The Morgan fingerprint density at radius 1 is 1.56 bits per heavy atom. The summed E-state index contributed by atoms with van der Waals surface area (Å²) in [5.74, 6) is 0.557. The molecule has 0 unspecified atom stereocenters. The zero-order valence-corrected chi connectivity index (χ0v) is 11.1. The number of aromatic nitrogens is 1. The summed E-state index contributed by atoms with van der Waals surface area (Å²) >= 11 is 0. The minimum atomic E-state index is -0.0303.